The topological polar surface area (TPSA) is 12.0 Å². The Kier molecular flexibility index (Phi) is 5.96. The van der Waals surface area contributed by atoms with Crippen molar-refractivity contribution in [1.82, 2.24) is 5.32 Å². The lowest BCUT2D eigenvalue weighted by Crippen LogP contribution is -2.25. The number of unbranched alkanes of at least 4 members (excludes halogenated alkanes) is 2. The highest BCUT2D eigenvalue weighted by Gasteiger charge is 2.15. The molecule has 0 bridgehead atoms. The second kappa shape index (κ2) is 7.02. The number of thiophene rings is 1. The van der Waals surface area contributed by atoms with E-state index >= 15 is 0 Å². The Hall–Kier alpha value is -0.340. The van der Waals surface area contributed by atoms with Gasteiger partial charge in [-0.3, -0.25) is 0 Å². The third-order valence-electron chi connectivity index (χ3n) is 2.66. The quantitative estimate of drug-likeness (QED) is 0.685. The van der Waals surface area contributed by atoms with Gasteiger partial charge in [0.05, 0.1) is 0 Å². The Morgan fingerprint density at radius 3 is 2.67 bits per heavy atom. The van der Waals surface area contributed by atoms with Gasteiger partial charge in [-0.15, -0.1) is 11.3 Å². The Balaban J connectivity index is 2.39. The predicted octanol–water partition coefficient (Wildman–Crippen LogP) is 4.23. The highest BCUT2D eigenvalue weighted by atomic mass is 32.1. The second-order valence-electron chi connectivity index (χ2n) is 4.40. The first-order chi connectivity index (χ1) is 7.25. The van der Waals surface area contributed by atoms with E-state index in [4.69, 9.17) is 0 Å². The minimum absolute atomic E-state index is 0.543. The van der Waals surface area contributed by atoms with Gasteiger partial charge in [-0.2, -0.15) is 0 Å². The summed E-state index contributed by atoms with van der Waals surface area (Å²) in [7, 11) is 0. The molecule has 0 radical (unpaired) electrons. The largest absolute Gasteiger partial charge is 0.309 e. The molecule has 2 heteroatoms. The predicted molar refractivity (Wildman–Crippen MR) is 69.4 cm³/mol. The van der Waals surface area contributed by atoms with Gasteiger partial charge >= 0.3 is 0 Å². The fraction of sp³-hybridized carbons (Fsp3) is 0.692. The molecular weight excluding hydrogens is 202 g/mol. The molecule has 0 aromatic carbocycles. The Bertz CT molecular complexity index is 241. The first-order valence-electron chi connectivity index (χ1n) is 6.02. The van der Waals surface area contributed by atoms with Crippen LogP contribution in [0.3, 0.4) is 0 Å². The number of hydrogen-bond donors (Lipinski definition) is 1. The van der Waals surface area contributed by atoms with E-state index in [9.17, 15) is 0 Å². The zero-order valence-electron chi connectivity index (χ0n) is 10.1. The highest BCUT2D eigenvalue weighted by Crippen LogP contribution is 2.25. The van der Waals surface area contributed by atoms with Crippen molar-refractivity contribution in [2.24, 2.45) is 5.92 Å². The third kappa shape index (κ3) is 4.35. The van der Waals surface area contributed by atoms with Crippen LogP contribution in [0.2, 0.25) is 0 Å². The van der Waals surface area contributed by atoms with Crippen molar-refractivity contribution in [2.45, 2.75) is 46.1 Å². The summed E-state index contributed by atoms with van der Waals surface area (Å²) >= 11 is 1.86. The molecule has 1 atom stereocenters. The smallest absolute Gasteiger partial charge is 0.0438 e. The Morgan fingerprint density at radius 2 is 2.13 bits per heavy atom. The summed E-state index contributed by atoms with van der Waals surface area (Å²) < 4.78 is 0. The molecule has 1 unspecified atom stereocenters. The summed E-state index contributed by atoms with van der Waals surface area (Å²) in [5.74, 6) is 0.672. The van der Waals surface area contributed by atoms with Gasteiger partial charge in [0.1, 0.15) is 0 Å². The molecule has 0 aliphatic carbocycles. The number of hydrogen-bond acceptors (Lipinski definition) is 2. The zero-order valence-corrected chi connectivity index (χ0v) is 10.9. The van der Waals surface area contributed by atoms with E-state index in [0.717, 1.165) is 6.54 Å². The van der Waals surface area contributed by atoms with Gasteiger partial charge < -0.3 is 5.32 Å². The van der Waals surface area contributed by atoms with Crippen LogP contribution < -0.4 is 5.32 Å². The molecule has 1 N–H and O–H groups in total. The fourth-order valence-corrected chi connectivity index (χ4v) is 2.74. The van der Waals surface area contributed by atoms with Gasteiger partial charge in [0.2, 0.25) is 0 Å². The van der Waals surface area contributed by atoms with Crippen LogP contribution in [0.15, 0.2) is 17.5 Å². The highest BCUT2D eigenvalue weighted by molar-refractivity contribution is 7.10. The second-order valence-corrected chi connectivity index (χ2v) is 5.38. The van der Waals surface area contributed by atoms with Crippen molar-refractivity contribution < 1.29 is 0 Å². The summed E-state index contributed by atoms with van der Waals surface area (Å²) in [5.41, 5.74) is 0. The van der Waals surface area contributed by atoms with Crippen LogP contribution in [0.5, 0.6) is 0 Å². The summed E-state index contributed by atoms with van der Waals surface area (Å²) in [6.45, 7) is 7.97. The van der Waals surface area contributed by atoms with E-state index in [-0.39, 0.29) is 0 Å². The number of nitrogens with one attached hydrogen (secondary N) is 1. The summed E-state index contributed by atoms with van der Waals surface area (Å²) in [6, 6.07) is 4.92. The third-order valence-corrected chi connectivity index (χ3v) is 3.62. The first-order valence-corrected chi connectivity index (χ1v) is 6.90. The average molecular weight is 225 g/mol. The maximum atomic E-state index is 3.67. The van der Waals surface area contributed by atoms with Gasteiger partial charge in [0, 0.05) is 10.9 Å². The van der Waals surface area contributed by atoms with Crippen LogP contribution in [0, 0.1) is 5.92 Å². The molecule has 15 heavy (non-hydrogen) atoms. The molecule has 1 heterocycles. The average Bonchev–Trinajstić information content (AvgIpc) is 2.70. The fourth-order valence-electron chi connectivity index (χ4n) is 1.77. The molecule has 0 saturated heterocycles. The minimum atomic E-state index is 0.543. The van der Waals surface area contributed by atoms with Gasteiger partial charge in [-0.1, -0.05) is 39.7 Å². The molecule has 1 rings (SSSR count). The van der Waals surface area contributed by atoms with Crippen LogP contribution >= 0.6 is 11.3 Å². The molecule has 0 aliphatic heterocycles. The van der Waals surface area contributed by atoms with E-state index in [1.54, 1.807) is 0 Å². The summed E-state index contributed by atoms with van der Waals surface area (Å²) in [4.78, 5) is 1.47. The molecule has 0 spiro atoms. The first kappa shape index (κ1) is 12.7. The van der Waals surface area contributed by atoms with Crippen molar-refractivity contribution in [1.29, 1.82) is 0 Å². The van der Waals surface area contributed by atoms with Gasteiger partial charge in [-0.25, -0.2) is 0 Å². The van der Waals surface area contributed by atoms with Crippen molar-refractivity contribution in [3.05, 3.63) is 22.4 Å². The van der Waals surface area contributed by atoms with Crippen molar-refractivity contribution in [3.63, 3.8) is 0 Å². The lowest BCUT2D eigenvalue weighted by atomic mass is 10.0. The lowest BCUT2D eigenvalue weighted by Gasteiger charge is -2.21. The molecule has 1 aromatic heterocycles. The van der Waals surface area contributed by atoms with Crippen LogP contribution in [-0.2, 0) is 0 Å². The van der Waals surface area contributed by atoms with Gasteiger partial charge in [0.25, 0.3) is 0 Å². The maximum Gasteiger partial charge on any atom is 0.0438 e. The Labute approximate surface area is 97.9 Å². The lowest BCUT2D eigenvalue weighted by molar-refractivity contribution is 0.412. The van der Waals surface area contributed by atoms with Crippen LogP contribution in [0.4, 0.5) is 0 Å². The van der Waals surface area contributed by atoms with Crippen LogP contribution in [0.1, 0.15) is 51.0 Å². The molecule has 0 saturated carbocycles. The monoisotopic (exact) mass is 225 g/mol. The molecule has 1 aromatic rings. The molecule has 0 fully saturated rings. The zero-order chi connectivity index (χ0) is 11.1. The molecule has 0 amide bonds. The maximum absolute atomic E-state index is 3.67. The minimum Gasteiger partial charge on any atom is -0.309 e. The number of rotatable bonds is 7. The molecule has 1 nitrogen and oxygen atoms in total. The summed E-state index contributed by atoms with van der Waals surface area (Å²) in [6.07, 6.45) is 3.93. The standard InChI is InChI=1S/C13H23NS/c1-4-5-6-9-14-13(11(2)3)12-8-7-10-15-12/h7-8,10-11,13-14H,4-6,9H2,1-3H3. The van der Waals surface area contributed by atoms with E-state index in [1.807, 2.05) is 11.3 Å². The van der Waals surface area contributed by atoms with Crippen LogP contribution in [-0.4, -0.2) is 6.54 Å². The van der Waals surface area contributed by atoms with Crippen molar-refractivity contribution in [2.75, 3.05) is 6.54 Å². The van der Waals surface area contributed by atoms with E-state index in [1.165, 1.54) is 24.1 Å². The van der Waals surface area contributed by atoms with E-state index < -0.39 is 0 Å². The molecular formula is C13H23NS. The van der Waals surface area contributed by atoms with Crippen LogP contribution in [0.25, 0.3) is 0 Å². The van der Waals surface area contributed by atoms with Gasteiger partial charge in [0.15, 0.2) is 0 Å². The molecule has 86 valence electrons. The van der Waals surface area contributed by atoms with E-state index in [0.29, 0.717) is 12.0 Å². The van der Waals surface area contributed by atoms with Crippen molar-refractivity contribution in [3.8, 4) is 0 Å². The normalized spacial score (nSPS) is 13.3. The van der Waals surface area contributed by atoms with Gasteiger partial charge in [-0.05, 0) is 30.3 Å². The Morgan fingerprint density at radius 1 is 1.33 bits per heavy atom. The summed E-state index contributed by atoms with van der Waals surface area (Å²) in [5, 5.41) is 5.83. The SMILES string of the molecule is CCCCCNC(c1cccs1)C(C)C. The van der Waals surface area contributed by atoms with E-state index in [2.05, 4.69) is 43.6 Å². The van der Waals surface area contributed by atoms with Crippen molar-refractivity contribution >= 4 is 11.3 Å². The molecule has 0 aliphatic rings.